The van der Waals surface area contributed by atoms with Crippen LogP contribution in [0.1, 0.15) is 0 Å². The molecule has 0 bridgehead atoms. The molecule has 0 aromatic carbocycles. The molecule has 0 saturated carbocycles. The highest BCUT2D eigenvalue weighted by Crippen LogP contribution is 2.05. The third-order valence-electron chi connectivity index (χ3n) is 3.43. The fraction of sp³-hybridized carbons (Fsp3) is 1.00. The summed E-state index contributed by atoms with van der Waals surface area (Å²) in [5.41, 5.74) is 0. The molecule has 2 fully saturated rings. The van der Waals surface area contributed by atoms with Gasteiger partial charge in [-0.3, -0.25) is 9.80 Å². The number of rotatable bonds is 6. The highest BCUT2D eigenvalue weighted by molar-refractivity contribution is 4.67. The van der Waals surface area contributed by atoms with Crippen molar-refractivity contribution in [3.05, 3.63) is 0 Å². The molecular weight excluding hydrogens is 236 g/mol. The molecule has 0 aromatic rings. The molecule has 106 valence electrons. The van der Waals surface area contributed by atoms with Crippen LogP contribution in [0, 0.1) is 0 Å². The molecule has 2 aliphatic heterocycles. The van der Waals surface area contributed by atoms with Crippen LogP contribution in [-0.4, -0.2) is 93.5 Å². The lowest BCUT2D eigenvalue weighted by Gasteiger charge is -2.34. The SMILES string of the molecule is OCC(OCCN1CCOCC1)N1CCOCC1. The van der Waals surface area contributed by atoms with Gasteiger partial charge in [0.2, 0.25) is 0 Å². The van der Waals surface area contributed by atoms with Crippen molar-refractivity contribution in [2.75, 3.05) is 72.4 Å². The molecule has 18 heavy (non-hydrogen) atoms. The van der Waals surface area contributed by atoms with E-state index in [1.165, 1.54) is 0 Å². The van der Waals surface area contributed by atoms with Crippen LogP contribution in [0.15, 0.2) is 0 Å². The predicted molar refractivity (Wildman–Crippen MR) is 66.5 cm³/mol. The van der Waals surface area contributed by atoms with Gasteiger partial charge in [0.1, 0.15) is 6.23 Å². The van der Waals surface area contributed by atoms with Gasteiger partial charge in [-0.05, 0) is 0 Å². The number of hydrogen-bond donors (Lipinski definition) is 1. The Morgan fingerprint density at radius 2 is 1.61 bits per heavy atom. The number of hydrogen-bond acceptors (Lipinski definition) is 6. The Balaban J connectivity index is 1.63. The first-order valence-electron chi connectivity index (χ1n) is 6.74. The maximum atomic E-state index is 9.37. The average molecular weight is 260 g/mol. The summed E-state index contributed by atoms with van der Waals surface area (Å²) >= 11 is 0. The van der Waals surface area contributed by atoms with E-state index in [0.717, 1.165) is 59.2 Å². The van der Waals surface area contributed by atoms with Crippen LogP contribution in [0.3, 0.4) is 0 Å². The summed E-state index contributed by atoms with van der Waals surface area (Å²) in [7, 11) is 0. The minimum Gasteiger partial charge on any atom is -0.392 e. The molecule has 6 nitrogen and oxygen atoms in total. The first kappa shape index (κ1) is 14.2. The van der Waals surface area contributed by atoms with Gasteiger partial charge in [-0.2, -0.15) is 0 Å². The molecule has 0 radical (unpaired) electrons. The Morgan fingerprint density at radius 3 is 2.22 bits per heavy atom. The Bertz CT molecular complexity index is 218. The minimum atomic E-state index is -0.185. The van der Waals surface area contributed by atoms with Gasteiger partial charge in [0.15, 0.2) is 0 Å². The van der Waals surface area contributed by atoms with Gasteiger partial charge in [-0.1, -0.05) is 0 Å². The van der Waals surface area contributed by atoms with Gasteiger partial charge >= 0.3 is 0 Å². The molecule has 1 N–H and O–H groups in total. The third kappa shape index (κ3) is 4.46. The van der Waals surface area contributed by atoms with Crippen LogP contribution in [-0.2, 0) is 14.2 Å². The summed E-state index contributed by atoms with van der Waals surface area (Å²) in [5, 5.41) is 9.37. The summed E-state index contributed by atoms with van der Waals surface area (Å²) in [6.45, 7) is 8.31. The van der Waals surface area contributed by atoms with E-state index in [9.17, 15) is 5.11 Å². The molecule has 1 atom stereocenters. The first-order valence-corrected chi connectivity index (χ1v) is 6.74. The molecule has 2 saturated heterocycles. The van der Waals surface area contributed by atoms with E-state index < -0.39 is 0 Å². The molecule has 2 rings (SSSR count). The smallest absolute Gasteiger partial charge is 0.134 e. The van der Waals surface area contributed by atoms with E-state index >= 15 is 0 Å². The number of nitrogens with zero attached hydrogens (tertiary/aromatic N) is 2. The summed E-state index contributed by atoms with van der Waals surface area (Å²) in [6, 6.07) is 0. The number of aliphatic hydroxyl groups is 1. The second-order valence-corrected chi connectivity index (χ2v) is 4.61. The quantitative estimate of drug-likeness (QED) is 0.660. The van der Waals surface area contributed by atoms with Gasteiger partial charge in [-0.25, -0.2) is 0 Å². The lowest BCUT2D eigenvalue weighted by Crippen LogP contribution is -2.47. The molecule has 0 spiro atoms. The van der Waals surface area contributed by atoms with E-state index in [4.69, 9.17) is 14.2 Å². The van der Waals surface area contributed by atoms with Crippen molar-refractivity contribution >= 4 is 0 Å². The maximum absolute atomic E-state index is 9.37. The van der Waals surface area contributed by atoms with Crippen LogP contribution in [0.4, 0.5) is 0 Å². The average Bonchev–Trinajstić information content (AvgIpc) is 2.46. The molecule has 2 aliphatic rings. The molecule has 6 heteroatoms. The predicted octanol–water partition coefficient (Wildman–Crippen LogP) is -1.01. The zero-order valence-corrected chi connectivity index (χ0v) is 10.9. The summed E-state index contributed by atoms with van der Waals surface area (Å²) in [4.78, 5) is 4.47. The lowest BCUT2D eigenvalue weighted by molar-refractivity contribution is -0.120. The van der Waals surface area contributed by atoms with Crippen molar-refractivity contribution in [1.82, 2.24) is 9.80 Å². The van der Waals surface area contributed by atoms with Crippen molar-refractivity contribution in [2.24, 2.45) is 0 Å². The first-order chi connectivity index (χ1) is 8.90. The van der Waals surface area contributed by atoms with E-state index in [-0.39, 0.29) is 12.8 Å². The third-order valence-corrected chi connectivity index (χ3v) is 3.43. The van der Waals surface area contributed by atoms with Crippen LogP contribution < -0.4 is 0 Å². The zero-order chi connectivity index (χ0) is 12.6. The van der Waals surface area contributed by atoms with Crippen LogP contribution >= 0.6 is 0 Å². The summed E-state index contributed by atoms with van der Waals surface area (Å²) in [6.07, 6.45) is -0.185. The summed E-state index contributed by atoms with van der Waals surface area (Å²) in [5.74, 6) is 0. The van der Waals surface area contributed by atoms with Crippen molar-refractivity contribution in [3.8, 4) is 0 Å². The van der Waals surface area contributed by atoms with Crippen LogP contribution in [0.5, 0.6) is 0 Å². The van der Waals surface area contributed by atoms with Crippen LogP contribution in [0.2, 0.25) is 0 Å². The van der Waals surface area contributed by atoms with Crippen molar-refractivity contribution < 1.29 is 19.3 Å². The topological polar surface area (TPSA) is 54.4 Å². The Morgan fingerprint density at radius 1 is 1.00 bits per heavy atom. The highest BCUT2D eigenvalue weighted by atomic mass is 16.5. The van der Waals surface area contributed by atoms with Crippen molar-refractivity contribution in [2.45, 2.75) is 6.23 Å². The molecule has 0 aliphatic carbocycles. The highest BCUT2D eigenvalue weighted by Gasteiger charge is 2.21. The Labute approximate surface area is 108 Å². The van der Waals surface area contributed by atoms with E-state index in [1.54, 1.807) is 0 Å². The molecular formula is C12H24N2O4. The Kier molecular flexibility index (Phi) is 6.33. The van der Waals surface area contributed by atoms with Crippen molar-refractivity contribution in [1.29, 1.82) is 0 Å². The zero-order valence-electron chi connectivity index (χ0n) is 10.9. The standard InChI is InChI=1S/C12H24N2O4/c15-11-12(14-4-8-17-9-5-14)18-10-3-13-1-6-16-7-2-13/h12,15H,1-11H2. The van der Waals surface area contributed by atoms with Gasteiger partial charge in [0.25, 0.3) is 0 Å². The fourth-order valence-corrected chi connectivity index (χ4v) is 2.28. The molecule has 0 aromatic heterocycles. The van der Waals surface area contributed by atoms with E-state index in [2.05, 4.69) is 9.80 Å². The largest absolute Gasteiger partial charge is 0.392 e. The van der Waals surface area contributed by atoms with Crippen LogP contribution in [0.25, 0.3) is 0 Å². The van der Waals surface area contributed by atoms with Gasteiger partial charge in [-0.15, -0.1) is 0 Å². The van der Waals surface area contributed by atoms with E-state index in [1.807, 2.05) is 0 Å². The lowest BCUT2D eigenvalue weighted by atomic mass is 10.4. The molecule has 0 amide bonds. The molecule has 1 unspecified atom stereocenters. The van der Waals surface area contributed by atoms with Gasteiger partial charge < -0.3 is 19.3 Å². The van der Waals surface area contributed by atoms with Gasteiger partial charge in [0, 0.05) is 32.7 Å². The van der Waals surface area contributed by atoms with E-state index in [0.29, 0.717) is 6.61 Å². The summed E-state index contributed by atoms with van der Waals surface area (Å²) < 4.78 is 16.4. The maximum Gasteiger partial charge on any atom is 0.134 e. The number of morpholine rings is 2. The Hall–Kier alpha value is -0.240. The second kappa shape index (κ2) is 8.04. The molecule has 2 heterocycles. The number of aliphatic hydroxyl groups excluding tert-OH is 1. The fourth-order valence-electron chi connectivity index (χ4n) is 2.28. The monoisotopic (exact) mass is 260 g/mol. The minimum absolute atomic E-state index is 0.0448. The number of ether oxygens (including phenoxy) is 3. The second-order valence-electron chi connectivity index (χ2n) is 4.61. The normalized spacial score (nSPS) is 25.2. The van der Waals surface area contributed by atoms with Gasteiger partial charge in [0.05, 0.1) is 39.6 Å². The van der Waals surface area contributed by atoms with Crippen molar-refractivity contribution in [3.63, 3.8) is 0 Å².